The summed E-state index contributed by atoms with van der Waals surface area (Å²) in [5.41, 5.74) is 6.73. The Labute approximate surface area is 119 Å². The third-order valence-electron chi connectivity index (χ3n) is 2.85. The topological polar surface area (TPSA) is 26.0 Å². The van der Waals surface area contributed by atoms with E-state index in [0.29, 0.717) is 15.6 Å². The van der Waals surface area contributed by atoms with E-state index in [9.17, 15) is 8.78 Å². The molecular weight excluding hydrogens is 291 g/mol. The normalized spacial score (nSPS) is 12.5. The highest BCUT2D eigenvalue weighted by molar-refractivity contribution is 6.42. The van der Waals surface area contributed by atoms with Crippen molar-refractivity contribution in [3.63, 3.8) is 0 Å². The van der Waals surface area contributed by atoms with E-state index in [1.54, 1.807) is 18.2 Å². The third-order valence-corrected chi connectivity index (χ3v) is 3.71. The van der Waals surface area contributed by atoms with Crippen molar-refractivity contribution in [2.24, 2.45) is 5.73 Å². The van der Waals surface area contributed by atoms with Crippen molar-refractivity contribution >= 4 is 23.2 Å². The lowest BCUT2D eigenvalue weighted by Crippen LogP contribution is -2.16. The predicted octanol–water partition coefficient (Wildman–Crippen LogP) is 4.51. The molecule has 0 bridgehead atoms. The molecule has 1 nitrogen and oxygen atoms in total. The molecule has 0 aliphatic carbocycles. The van der Waals surface area contributed by atoms with E-state index in [4.69, 9.17) is 28.9 Å². The highest BCUT2D eigenvalue weighted by Crippen LogP contribution is 2.29. The monoisotopic (exact) mass is 301 g/mol. The van der Waals surface area contributed by atoms with Crippen LogP contribution in [0.15, 0.2) is 36.4 Å². The zero-order valence-electron chi connectivity index (χ0n) is 9.84. The van der Waals surface area contributed by atoms with Crippen molar-refractivity contribution in [2.75, 3.05) is 0 Å². The van der Waals surface area contributed by atoms with Crippen molar-refractivity contribution in [3.05, 3.63) is 69.2 Å². The van der Waals surface area contributed by atoms with Crippen LogP contribution in [-0.4, -0.2) is 0 Å². The molecule has 5 heteroatoms. The van der Waals surface area contributed by atoms with E-state index in [-0.39, 0.29) is 12.0 Å². The number of hydrogen-bond donors (Lipinski definition) is 1. The molecule has 0 heterocycles. The van der Waals surface area contributed by atoms with E-state index in [0.717, 1.165) is 6.07 Å². The Morgan fingerprint density at radius 1 is 1.05 bits per heavy atom. The average Bonchev–Trinajstić information content (AvgIpc) is 2.38. The van der Waals surface area contributed by atoms with E-state index in [2.05, 4.69) is 0 Å². The van der Waals surface area contributed by atoms with Gasteiger partial charge in [-0.25, -0.2) is 8.78 Å². The maximum atomic E-state index is 13.6. The van der Waals surface area contributed by atoms with Gasteiger partial charge in [0.15, 0.2) is 11.6 Å². The molecule has 2 N–H and O–H groups in total. The summed E-state index contributed by atoms with van der Waals surface area (Å²) in [6.45, 7) is 0. The molecule has 0 saturated carbocycles. The minimum atomic E-state index is -0.923. The summed E-state index contributed by atoms with van der Waals surface area (Å²) in [6, 6.07) is 8.39. The first kappa shape index (κ1) is 14.3. The molecule has 0 saturated heterocycles. The van der Waals surface area contributed by atoms with Crippen LogP contribution in [0.5, 0.6) is 0 Å². The van der Waals surface area contributed by atoms with Crippen LogP contribution in [0.25, 0.3) is 0 Å². The largest absolute Gasteiger partial charge is 0.324 e. The first-order valence-electron chi connectivity index (χ1n) is 5.63. The van der Waals surface area contributed by atoms with E-state index >= 15 is 0 Å². The molecule has 2 aromatic carbocycles. The SMILES string of the molecule is NC(Cc1cccc(Cl)c1Cl)c1cccc(F)c1F. The van der Waals surface area contributed by atoms with Gasteiger partial charge in [-0.1, -0.05) is 47.5 Å². The van der Waals surface area contributed by atoms with Gasteiger partial charge >= 0.3 is 0 Å². The molecule has 100 valence electrons. The summed E-state index contributed by atoms with van der Waals surface area (Å²) in [6.07, 6.45) is 0.278. The molecular formula is C14H11Cl2F2N. The van der Waals surface area contributed by atoms with Crippen molar-refractivity contribution in [1.82, 2.24) is 0 Å². The van der Waals surface area contributed by atoms with Crippen LogP contribution < -0.4 is 5.73 Å². The highest BCUT2D eigenvalue weighted by atomic mass is 35.5. The maximum absolute atomic E-state index is 13.6. The first-order valence-corrected chi connectivity index (χ1v) is 6.38. The minimum Gasteiger partial charge on any atom is -0.324 e. The molecule has 19 heavy (non-hydrogen) atoms. The molecule has 0 fully saturated rings. The van der Waals surface area contributed by atoms with Crippen molar-refractivity contribution in [1.29, 1.82) is 0 Å². The Kier molecular flexibility index (Phi) is 4.40. The van der Waals surface area contributed by atoms with Gasteiger partial charge in [0.25, 0.3) is 0 Å². The number of nitrogens with two attached hydrogens (primary N) is 1. The Balaban J connectivity index is 2.28. The number of halogens is 4. The number of benzene rings is 2. The van der Waals surface area contributed by atoms with E-state index < -0.39 is 17.7 Å². The van der Waals surface area contributed by atoms with Crippen molar-refractivity contribution in [3.8, 4) is 0 Å². The van der Waals surface area contributed by atoms with Gasteiger partial charge in [-0.05, 0) is 24.1 Å². The quantitative estimate of drug-likeness (QED) is 0.886. The zero-order chi connectivity index (χ0) is 14.0. The van der Waals surface area contributed by atoms with Gasteiger partial charge in [-0.15, -0.1) is 0 Å². The Morgan fingerprint density at radius 3 is 2.47 bits per heavy atom. The van der Waals surface area contributed by atoms with Gasteiger partial charge in [-0.2, -0.15) is 0 Å². The summed E-state index contributed by atoms with van der Waals surface area (Å²) in [4.78, 5) is 0. The maximum Gasteiger partial charge on any atom is 0.163 e. The van der Waals surface area contributed by atoms with Gasteiger partial charge in [-0.3, -0.25) is 0 Å². The summed E-state index contributed by atoms with van der Waals surface area (Å²) in [5.74, 6) is -1.83. The van der Waals surface area contributed by atoms with Crippen molar-refractivity contribution < 1.29 is 8.78 Å². The molecule has 0 amide bonds. The summed E-state index contributed by atoms with van der Waals surface area (Å²) in [5, 5.41) is 0.794. The lowest BCUT2D eigenvalue weighted by Gasteiger charge is -2.14. The van der Waals surface area contributed by atoms with Crippen LogP contribution in [0.4, 0.5) is 8.78 Å². The van der Waals surface area contributed by atoms with Crippen LogP contribution in [-0.2, 0) is 6.42 Å². The average molecular weight is 302 g/mol. The van der Waals surface area contributed by atoms with E-state index in [1.165, 1.54) is 12.1 Å². The lowest BCUT2D eigenvalue weighted by atomic mass is 9.99. The van der Waals surface area contributed by atoms with Crippen molar-refractivity contribution in [2.45, 2.75) is 12.5 Å². The molecule has 0 spiro atoms. The number of hydrogen-bond acceptors (Lipinski definition) is 1. The molecule has 1 atom stereocenters. The van der Waals surface area contributed by atoms with Gasteiger partial charge in [0, 0.05) is 11.6 Å². The number of rotatable bonds is 3. The molecule has 0 radical (unpaired) electrons. The second-order valence-corrected chi connectivity index (χ2v) is 4.95. The predicted molar refractivity (Wildman–Crippen MR) is 73.5 cm³/mol. The molecule has 2 aromatic rings. The second-order valence-electron chi connectivity index (χ2n) is 4.17. The summed E-state index contributed by atoms with van der Waals surface area (Å²) < 4.78 is 26.8. The fourth-order valence-corrected chi connectivity index (χ4v) is 2.26. The Bertz CT molecular complexity index is 602. The zero-order valence-corrected chi connectivity index (χ0v) is 11.3. The molecule has 2 rings (SSSR count). The summed E-state index contributed by atoms with van der Waals surface area (Å²) in [7, 11) is 0. The standard InChI is InChI=1S/C14H11Cl2F2N/c15-10-5-1-3-8(13(10)16)7-12(19)9-4-2-6-11(17)14(9)18/h1-6,12H,7,19H2. The van der Waals surface area contributed by atoms with Crippen LogP contribution in [0.1, 0.15) is 17.2 Å². The van der Waals surface area contributed by atoms with Gasteiger partial charge in [0.2, 0.25) is 0 Å². The van der Waals surface area contributed by atoms with E-state index in [1.807, 2.05) is 0 Å². The van der Waals surface area contributed by atoms with Crippen LogP contribution in [0.2, 0.25) is 10.0 Å². The smallest absolute Gasteiger partial charge is 0.163 e. The highest BCUT2D eigenvalue weighted by Gasteiger charge is 2.16. The third kappa shape index (κ3) is 3.06. The van der Waals surface area contributed by atoms with Crippen LogP contribution in [0.3, 0.4) is 0 Å². The second kappa shape index (κ2) is 5.87. The van der Waals surface area contributed by atoms with Crippen LogP contribution >= 0.6 is 23.2 Å². The lowest BCUT2D eigenvalue weighted by molar-refractivity contribution is 0.488. The van der Waals surface area contributed by atoms with Gasteiger partial charge < -0.3 is 5.73 Å². The molecule has 0 aliphatic rings. The Morgan fingerprint density at radius 2 is 1.74 bits per heavy atom. The van der Waals surface area contributed by atoms with Gasteiger partial charge in [0.05, 0.1) is 10.0 Å². The Hall–Kier alpha value is -1.16. The fourth-order valence-electron chi connectivity index (χ4n) is 1.86. The minimum absolute atomic E-state index is 0.121. The molecule has 0 aromatic heterocycles. The summed E-state index contributed by atoms with van der Waals surface area (Å²) >= 11 is 11.9. The first-order chi connectivity index (χ1) is 9.00. The van der Waals surface area contributed by atoms with Crippen LogP contribution in [0, 0.1) is 11.6 Å². The molecule has 1 unspecified atom stereocenters. The molecule has 0 aliphatic heterocycles. The van der Waals surface area contributed by atoms with Gasteiger partial charge in [0.1, 0.15) is 0 Å². The fraction of sp³-hybridized carbons (Fsp3) is 0.143.